The summed E-state index contributed by atoms with van der Waals surface area (Å²) < 4.78 is 126. The Hall–Kier alpha value is -4.56. The van der Waals surface area contributed by atoms with Crippen LogP contribution in [0.3, 0.4) is 0 Å². The normalized spacial score (nSPS) is 11.3. The summed E-state index contributed by atoms with van der Waals surface area (Å²) in [6.07, 6.45) is -9.41. The van der Waals surface area contributed by atoms with Crippen LogP contribution in [0.1, 0.15) is 20.7 Å². The Balaban J connectivity index is 2.07. The summed E-state index contributed by atoms with van der Waals surface area (Å²) >= 11 is 0. The number of hydrogen-bond acceptors (Lipinski definition) is 4. The Morgan fingerprint density at radius 2 is 1.26 bits per heavy atom. The number of nitrogens with one attached hydrogen (secondary N) is 1. The molecule has 15 heteroatoms. The molecular formula is C23H11F9N2O4. The topological polar surface area (TPSA) is 75.7 Å². The first-order chi connectivity index (χ1) is 17.7. The molecule has 0 saturated heterocycles. The van der Waals surface area contributed by atoms with Crippen LogP contribution in [-0.4, -0.2) is 30.4 Å². The zero-order valence-electron chi connectivity index (χ0n) is 18.3. The summed E-state index contributed by atoms with van der Waals surface area (Å²) in [6.45, 7) is 0. The minimum Gasteiger partial charge on any atom is -0.428 e. The fraction of sp³-hybridized carbons (Fsp3) is 0.0870. The van der Waals surface area contributed by atoms with Crippen LogP contribution in [0.15, 0.2) is 54.6 Å². The van der Waals surface area contributed by atoms with Crippen LogP contribution in [0.4, 0.5) is 50.0 Å². The van der Waals surface area contributed by atoms with Gasteiger partial charge in [-0.3, -0.25) is 14.9 Å². The molecule has 0 atom stereocenters. The van der Waals surface area contributed by atoms with Crippen LogP contribution in [0.5, 0.6) is 5.75 Å². The number of nitrogens with zero attached hydrogens (tertiary/aromatic N) is 1. The van der Waals surface area contributed by atoms with E-state index in [1.54, 1.807) is 0 Å². The lowest BCUT2D eigenvalue weighted by atomic mass is 10.1. The molecule has 0 aliphatic heterocycles. The van der Waals surface area contributed by atoms with Gasteiger partial charge in [0.15, 0.2) is 5.82 Å². The van der Waals surface area contributed by atoms with Gasteiger partial charge < -0.3 is 4.74 Å². The molecule has 0 saturated carbocycles. The van der Waals surface area contributed by atoms with Gasteiger partial charge in [0.05, 0.1) is 5.69 Å². The first kappa shape index (κ1) is 28.0. The van der Waals surface area contributed by atoms with Crippen molar-refractivity contribution in [1.29, 1.82) is 0 Å². The second-order valence-electron chi connectivity index (χ2n) is 7.17. The fourth-order valence-corrected chi connectivity index (χ4v) is 2.99. The molecule has 0 unspecified atom stereocenters. The van der Waals surface area contributed by atoms with Crippen molar-refractivity contribution in [3.63, 3.8) is 0 Å². The maximum atomic E-state index is 14.8. The largest absolute Gasteiger partial charge is 0.461 e. The summed E-state index contributed by atoms with van der Waals surface area (Å²) in [5.41, 5.74) is -4.01. The van der Waals surface area contributed by atoms with E-state index in [-0.39, 0.29) is 11.0 Å². The van der Waals surface area contributed by atoms with Crippen molar-refractivity contribution in [3.05, 3.63) is 94.8 Å². The highest BCUT2D eigenvalue weighted by atomic mass is 19.3. The number of halogens is 9. The zero-order chi connectivity index (χ0) is 28.4. The van der Waals surface area contributed by atoms with E-state index >= 15 is 0 Å². The van der Waals surface area contributed by atoms with Crippen LogP contribution in [0, 0.1) is 29.1 Å². The van der Waals surface area contributed by atoms with E-state index in [1.807, 2.05) is 0 Å². The maximum Gasteiger partial charge on any atom is 0.461 e. The first-order valence-electron chi connectivity index (χ1n) is 9.97. The Bertz CT molecular complexity index is 1380. The molecule has 0 aliphatic rings. The molecule has 0 aromatic heterocycles. The third-order valence-electron chi connectivity index (χ3n) is 4.66. The van der Waals surface area contributed by atoms with Crippen molar-refractivity contribution in [1.82, 2.24) is 5.32 Å². The summed E-state index contributed by atoms with van der Waals surface area (Å²) in [4.78, 5) is 37.7. The molecule has 0 radical (unpaired) electrons. The van der Waals surface area contributed by atoms with Gasteiger partial charge in [0.1, 0.15) is 40.1 Å². The number of imide groups is 2. The van der Waals surface area contributed by atoms with Crippen molar-refractivity contribution in [2.24, 2.45) is 0 Å². The lowest BCUT2D eigenvalue weighted by Gasteiger charge is -2.23. The van der Waals surface area contributed by atoms with E-state index in [2.05, 4.69) is 4.74 Å². The summed E-state index contributed by atoms with van der Waals surface area (Å²) in [7, 11) is 0. The van der Waals surface area contributed by atoms with Crippen molar-refractivity contribution in [3.8, 4) is 5.75 Å². The highest BCUT2D eigenvalue weighted by Crippen LogP contribution is 2.32. The van der Waals surface area contributed by atoms with Gasteiger partial charge in [-0.2, -0.15) is 17.6 Å². The van der Waals surface area contributed by atoms with Crippen LogP contribution in [-0.2, 0) is 0 Å². The van der Waals surface area contributed by atoms with Crippen molar-refractivity contribution < 1.29 is 58.6 Å². The molecule has 4 amide bonds. The van der Waals surface area contributed by atoms with Gasteiger partial charge in [-0.25, -0.2) is 31.6 Å². The van der Waals surface area contributed by atoms with Gasteiger partial charge in [-0.1, -0.05) is 12.1 Å². The van der Waals surface area contributed by atoms with Gasteiger partial charge in [-0.05, 0) is 36.4 Å². The van der Waals surface area contributed by atoms with Crippen molar-refractivity contribution >= 4 is 23.5 Å². The molecule has 1 N–H and O–H groups in total. The van der Waals surface area contributed by atoms with E-state index in [9.17, 15) is 53.9 Å². The fourth-order valence-electron chi connectivity index (χ4n) is 2.99. The minimum absolute atomic E-state index is 0.0231. The van der Waals surface area contributed by atoms with Gasteiger partial charge in [0.2, 0.25) is 0 Å². The lowest BCUT2D eigenvalue weighted by molar-refractivity contribution is -0.253. The van der Waals surface area contributed by atoms with E-state index in [0.717, 1.165) is 12.1 Å². The van der Waals surface area contributed by atoms with Crippen LogP contribution in [0.25, 0.3) is 0 Å². The van der Waals surface area contributed by atoms with Crippen LogP contribution in [0.2, 0.25) is 0 Å². The first-order valence-corrected chi connectivity index (χ1v) is 9.97. The molecule has 0 bridgehead atoms. The number of alkyl halides is 4. The molecule has 3 aromatic carbocycles. The number of anilines is 1. The van der Waals surface area contributed by atoms with E-state index in [4.69, 9.17) is 0 Å². The number of carbonyl (C=O) groups excluding carboxylic acids is 3. The Kier molecular flexibility index (Phi) is 7.98. The van der Waals surface area contributed by atoms with Gasteiger partial charge in [0.25, 0.3) is 11.8 Å². The van der Waals surface area contributed by atoms with Gasteiger partial charge >= 0.3 is 18.6 Å². The molecule has 0 aliphatic carbocycles. The molecule has 0 heterocycles. The second kappa shape index (κ2) is 10.8. The van der Waals surface area contributed by atoms with E-state index in [1.165, 1.54) is 5.32 Å². The molecule has 0 fully saturated rings. The summed E-state index contributed by atoms with van der Waals surface area (Å²) in [5, 5.41) is 1.35. The number of amides is 4. The number of benzene rings is 3. The van der Waals surface area contributed by atoms with E-state index in [0.29, 0.717) is 36.4 Å². The molecular weight excluding hydrogens is 539 g/mol. The Labute approximate surface area is 206 Å². The Morgan fingerprint density at radius 3 is 1.74 bits per heavy atom. The van der Waals surface area contributed by atoms with Crippen LogP contribution >= 0.6 is 0 Å². The van der Waals surface area contributed by atoms with E-state index < -0.39 is 82.0 Å². The Morgan fingerprint density at radius 1 is 0.763 bits per heavy atom. The summed E-state index contributed by atoms with van der Waals surface area (Å²) in [6, 6.07) is 2.88. The van der Waals surface area contributed by atoms with Crippen molar-refractivity contribution in [2.45, 2.75) is 12.5 Å². The maximum absolute atomic E-state index is 14.8. The molecule has 3 aromatic rings. The quantitative estimate of drug-likeness (QED) is 0.393. The smallest absolute Gasteiger partial charge is 0.428 e. The molecule has 200 valence electrons. The average Bonchev–Trinajstić information content (AvgIpc) is 2.80. The van der Waals surface area contributed by atoms with Crippen molar-refractivity contribution in [2.75, 3.05) is 4.90 Å². The predicted molar refractivity (Wildman–Crippen MR) is 110 cm³/mol. The predicted octanol–water partition coefficient (Wildman–Crippen LogP) is 5.82. The molecule has 3 rings (SSSR count). The number of rotatable bonds is 6. The number of hydrogen-bond donors (Lipinski definition) is 1. The minimum atomic E-state index is -5.08. The lowest BCUT2D eigenvalue weighted by Crippen LogP contribution is -2.47. The van der Waals surface area contributed by atoms with Crippen LogP contribution < -0.4 is 15.0 Å². The number of carbonyl (C=O) groups is 3. The summed E-state index contributed by atoms with van der Waals surface area (Å²) in [5.74, 6) is -12.8. The second-order valence-corrected chi connectivity index (χ2v) is 7.17. The third-order valence-corrected chi connectivity index (χ3v) is 4.66. The third kappa shape index (κ3) is 5.71. The highest BCUT2D eigenvalue weighted by molar-refractivity contribution is 6.24. The standard InChI is InChI=1S/C23H11F9N2O4/c24-11-3-1-4-12(25)17(11)19(35)33-22(37)34(20(36)18-13(26)5-2-6-14(18)27)16-8-7-10(9-15(16)28)38-23(31,32)21(29)30/h1-9,21H,(H,33,35,37). The average molecular weight is 550 g/mol. The molecule has 6 nitrogen and oxygen atoms in total. The molecule has 0 spiro atoms. The number of ether oxygens (including phenoxy) is 1. The zero-order valence-corrected chi connectivity index (χ0v) is 18.3. The van der Waals surface area contributed by atoms with Gasteiger partial charge in [0, 0.05) is 6.07 Å². The molecule has 38 heavy (non-hydrogen) atoms. The van der Waals surface area contributed by atoms with Gasteiger partial charge in [-0.15, -0.1) is 0 Å². The highest BCUT2D eigenvalue weighted by Gasteiger charge is 2.44. The SMILES string of the molecule is O=C(NC(=O)N(C(=O)c1c(F)cccc1F)c1ccc(OC(F)(F)C(F)F)cc1F)c1c(F)cccc1F. The number of urea groups is 1. The monoisotopic (exact) mass is 550 g/mol.